The lowest BCUT2D eigenvalue weighted by molar-refractivity contribution is -0.124. The summed E-state index contributed by atoms with van der Waals surface area (Å²) in [4.78, 5) is 11.9. The summed E-state index contributed by atoms with van der Waals surface area (Å²) >= 11 is 11.9. The van der Waals surface area contributed by atoms with Gasteiger partial charge in [-0.1, -0.05) is 29.3 Å². The Labute approximate surface area is 127 Å². The molecule has 1 saturated carbocycles. The topological polar surface area (TPSA) is 62.1 Å². The molecule has 0 aromatic heterocycles. The fraction of sp³-hybridized carbons (Fsp3) is 0.429. The van der Waals surface area contributed by atoms with Gasteiger partial charge in [-0.25, -0.2) is 0 Å². The molecule has 1 aliphatic carbocycles. The van der Waals surface area contributed by atoms with Crippen molar-refractivity contribution in [2.45, 2.75) is 31.2 Å². The van der Waals surface area contributed by atoms with Gasteiger partial charge >= 0.3 is 0 Å². The highest BCUT2D eigenvalue weighted by Crippen LogP contribution is 2.32. The zero-order valence-corrected chi connectivity index (χ0v) is 12.3. The van der Waals surface area contributed by atoms with E-state index in [0.717, 1.165) is 12.8 Å². The number of amides is 1. The maximum absolute atomic E-state index is 11.9. The molecular formula is C14H14Cl2N2O2. The number of benzene rings is 1. The number of nitriles is 1. The summed E-state index contributed by atoms with van der Waals surface area (Å²) in [6, 6.07) is 7.15. The standard InChI is InChI=1S/C14H14Cl2N2O2/c15-10-4-3-5-11(16)13(10)20-8-12(19)18-14(9-17)6-1-2-7-14/h3-5H,1-2,6-8H2,(H,18,19). The monoisotopic (exact) mass is 312 g/mol. The average Bonchev–Trinajstić information content (AvgIpc) is 2.87. The number of para-hydroxylation sites is 1. The quantitative estimate of drug-likeness (QED) is 0.927. The number of rotatable bonds is 4. The second-order valence-corrected chi connectivity index (χ2v) is 5.60. The van der Waals surface area contributed by atoms with Crippen molar-refractivity contribution < 1.29 is 9.53 Å². The molecule has 0 bridgehead atoms. The van der Waals surface area contributed by atoms with Gasteiger partial charge in [0.2, 0.25) is 0 Å². The number of nitrogens with one attached hydrogen (secondary N) is 1. The Balaban J connectivity index is 1.94. The Kier molecular flexibility index (Phi) is 4.74. The van der Waals surface area contributed by atoms with Crippen LogP contribution < -0.4 is 10.1 Å². The van der Waals surface area contributed by atoms with E-state index in [4.69, 9.17) is 27.9 Å². The summed E-state index contributed by atoms with van der Waals surface area (Å²) in [5.41, 5.74) is -0.745. The van der Waals surface area contributed by atoms with E-state index in [-0.39, 0.29) is 18.3 Å². The highest BCUT2D eigenvalue weighted by molar-refractivity contribution is 6.37. The highest BCUT2D eigenvalue weighted by Gasteiger charge is 2.35. The van der Waals surface area contributed by atoms with Gasteiger partial charge in [0, 0.05) is 0 Å². The van der Waals surface area contributed by atoms with Crippen LogP contribution in [0.4, 0.5) is 0 Å². The molecule has 0 radical (unpaired) electrons. The minimum Gasteiger partial charge on any atom is -0.481 e. The normalized spacial score (nSPS) is 16.4. The first-order chi connectivity index (χ1) is 9.56. The van der Waals surface area contributed by atoms with E-state index in [9.17, 15) is 10.1 Å². The summed E-state index contributed by atoms with van der Waals surface area (Å²) in [5.74, 6) is -0.0622. The zero-order chi connectivity index (χ0) is 14.6. The predicted molar refractivity (Wildman–Crippen MR) is 76.9 cm³/mol. The first-order valence-electron chi connectivity index (χ1n) is 6.35. The van der Waals surface area contributed by atoms with E-state index in [0.29, 0.717) is 22.9 Å². The van der Waals surface area contributed by atoms with Crippen LogP contribution in [-0.2, 0) is 4.79 Å². The van der Waals surface area contributed by atoms with E-state index < -0.39 is 5.54 Å². The third-order valence-electron chi connectivity index (χ3n) is 3.32. The molecule has 1 aromatic carbocycles. The van der Waals surface area contributed by atoms with E-state index in [1.54, 1.807) is 18.2 Å². The molecule has 6 heteroatoms. The first-order valence-corrected chi connectivity index (χ1v) is 7.11. The second kappa shape index (κ2) is 6.34. The van der Waals surface area contributed by atoms with Crippen LogP contribution in [0.3, 0.4) is 0 Å². The lowest BCUT2D eigenvalue weighted by Crippen LogP contribution is -2.47. The summed E-state index contributed by atoms with van der Waals surface area (Å²) in [7, 11) is 0. The van der Waals surface area contributed by atoms with Crippen LogP contribution in [0.2, 0.25) is 10.0 Å². The van der Waals surface area contributed by atoms with Crippen LogP contribution >= 0.6 is 23.2 Å². The van der Waals surface area contributed by atoms with Crippen LogP contribution in [0.5, 0.6) is 5.75 Å². The Hall–Kier alpha value is -1.44. The molecule has 1 amide bonds. The molecule has 2 rings (SSSR count). The van der Waals surface area contributed by atoms with Gasteiger partial charge in [-0.3, -0.25) is 4.79 Å². The number of hydrogen-bond donors (Lipinski definition) is 1. The number of nitrogens with zero attached hydrogens (tertiary/aromatic N) is 1. The van der Waals surface area contributed by atoms with Crippen LogP contribution in [0.25, 0.3) is 0 Å². The van der Waals surface area contributed by atoms with Crippen molar-refractivity contribution >= 4 is 29.1 Å². The van der Waals surface area contributed by atoms with Crippen molar-refractivity contribution in [2.75, 3.05) is 6.61 Å². The fourth-order valence-electron chi connectivity index (χ4n) is 2.30. The number of carbonyl (C=O) groups is 1. The molecule has 0 aliphatic heterocycles. The molecule has 1 N–H and O–H groups in total. The summed E-state index contributed by atoms with van der Waals surface area (Å²) < 4.78 is 5.34. The summed E-state index contributed by atoms with van der Waals surface area (Å²) in [5, 5.41) is 12.6. The van der Waals surface area contributed by atoms with Gasteiger partial charge in [0.15, 0.2) is 12.4 Å². The fourth-order valence-corrected chi connectivity index (χ4v) is 2.81. The van der Waals surface area contributed by atoms with Gasteiger partial charge < -0.3 is 10.1 Å². The van der Waals surface area contributed by atoms with Gasteiger partial charge in [0.25, 0.3) is 5.91 Å². The van der Waals surface area contributed by atoms with E-state index >= 15 is 0 Å². The van der Waals surface area contributed by atoms with Crippen LogP contribution in [-0.4, -0.2) is 18.1 Å². The van der Waals surface area contributed by atoms with Crippen LogP contribution in [0, 0.1) is 11.3 Å². The molecule has 1 aromatic rings. The molecule has 4 nitrogen and oxygen atoms in total. The van der Waals surface area contributed by atoms with Gasteiger partial charge in [-0.05, 0) is 37.8 Å². The molecule has 20 heavy (non-hydrogen) atoms. The van der Waals surface area contributed by atoms with Gasteiger partial charge in [-0.15, -0.1) is 0 Å². The van der Waals surface area contributed by atoms with Gasteiger partial charge in [0.1, 0.15) is 5.54 Å². The minimum atomic E-state index is -0.745. The second-order valence-electron chi connectivity index (χ2n) is 4.79. The van der Waals surface area contributed by atoms with Crippen molar-refractivity contribution in [1.29, 1.82) is 5.26 Å². The Bertz CT molecular complexity index is 528. The summed E-state index contributed by atoms with van der Waals surface area (Å²) in [6.07, 6.45) is 3.26. The maximum Gasteiger partial charge on any atom is 0.259 e. The van der Waals surface area contributed by atoms with Crippen molar-refractivity contribution in [2.24, 2.45) is 0 Å². The number of ether oxygens (including phenoxy) is 1. The smallest absolute Gasteiger partial charge is 0.259 e. The molecule has 0 heterocycles. The average molecular weight is 313 g/mol. The first kappa shape index (κ1) is 15.0. The number of carbonyl (C=O) groups excluding carboxylic acids is 1. The predicted octanol–water partition coefficient (Wildman–Crippen LogP) is 3.32. The largest absolute Gasteiger partial charge is 0.481 e. The van der Waals surface area contributed by atoms with E-state index in [1.165, 1.54) is 0 Å². The van der Waals surface area contributed by atoms with E-state index in [2.05, 4.69) is 11.4 Å². The molecule has 106 valence electrons. The molecular weight excluding hydrogens is 299 g/mol. The molecule has 1 fully saturated rings. The lowest BCUT2D eigenvalue weighted by atomic mass is 10.00. The van der Waals surface area contributed by atoms with Crippen LogP contribution in [0.1, 0.15) is 25.7 Å². The Morgan fingerprint density at radius 3 is 2.50 bits per heavy atom. The van der Waals surface area contributed by atoms with Crippen molar-refractivity contribution in [3.05, 3.63) is 28.2 Å². The van der Waals surface area contributed by atoms with Crippen molar-refractivity contribution in [3.8, 4) is 11.8 Å². The van der Waals surface area contributed by atoms with Crippen molar-refractivity contribution in [3.63, 3.8) is 0 Å². The van der Waals surface area contributed by atoms with Gasteiger partial charge in [0.05, 0.1) is 16.1 Å². The molecule has 0 spiro atoms. The van der Waals surface area contributed by atoms with Crippen LogP contribution in [0.15, 0.2) is 18.2 Å². The molecule has 0 unspecified atom stereocenters. The zero-order valence-electron chi connectivity index (χ0n) is 10.8. The summed E-state index contributed by atoms with van der Waals surface area (Å²) in [6.45, 7) is -0.215. The molecule has 1 aliphatic rings. The third-order valence-corrected chi connectivity index (χ3v) is 3.91. The maximum atomic E-state index is 11.9. The number of halogens is 2. The Morgan fingerprint density at radius 1 is 1.35 bits per heavy atom. The molecule has 0 saturated heterocycles. The Morgan fingerprint density at radius 2 is 1.95 bits per heavy atom. The van der Waals surface area contributed by atoms with Crippen molar-refractivity contribution in [1.82, 2.24) is 5.32 Å². The lowest BCUT2D eigenvalue weighted by Gasteiger charge is -2.22. The molecule has 0 atom stereocenters. The minimum absolute atomic E-state index is 0.215. The van der Waals surface area contributed by atoms with Gasteiger partial charge in [-0.2, -0.15) is 5.26 Å². The highest BCUT2D eigenvalue weighted by atomic mass is 35.5. The third kappa shape index (κ3) is 3.36. The SMILES string of the molecule is N#CC1(NC(=O)COc2c(Cl)cccc2Cl)CCCC1. The number of hydrogen-bond acceptors (Lipinski definition) is 3. The van der Waals surface area contributed by atoms with E-state index in [1.807, 2.05) is 0 Å².